The summed E-state index contributed by atoms with van der Waals surface area (Å²) in [5, 5.41) is 3.40. The first-order valence-electron chi connectivity index (χ1n) is 6.31. The summed E-state index contributed by atoms with van der Waals surface area (Å²) in [7, 11) is 1.57. The van der Waals surface area contributed by atoms with Gasteiger partial charge in [0.15, 0.2) is 0 Å². The van der Waals surface area contributed by atoms with Gasteiger partial charge in [0.25, 0.3) is 5.91 Å². The van der Waals surface area contributed by atoms with Crippen molar-refractivity contribution in [3.05, 3.63) is 58.0 Å². The maximum absolute atomic E-state index is 12.1. The molecule has 5 heteroatoms. The van der Waals surface area contributed by atoms with Gasteiger partial charge in [-0.3, -0.25) is 4.79 Å². The third kappa shape index (κ3) is 2.91. The second kappa shape index (κ2) is 5.84. The van der Waals surface area contributed by atoms with E-state index >= 15 is 0 Å². The molecule has 3 rings (SSSR count). The number of ether oxygens (including phenoxy) is 1. The zero-order valence-electron chi connectivity index (χ0n) is 11.2. The number of thioether (sulfide) groups is 1. The van der Waals surface area contributed by atoms with Crippen LogP contribution in [-0.2, 0) is 4.79 Å². The lowest BCUT2D eigenvalue weighted by molar-refractivity contribution is -0.112. The van der Waals surface area contributed by atoms with Crippen LogP contribution in [0.25, 0.3) is 6.08 Å². The summed E-state index contributed by atoms with van der Waals surface area (Å²) in [6.07, 6.45) is 1.82. The molecule has 0 unspecified atom stereocenters. The molecule has 1 aliphatic rings. The van der Waals surface area contributed by atoms with Crippen molar-refractivity contribution in [1.29, 1.82) is 0 Å². The first-order chi connectivity index (χ1) is 10.2. The zero-order chi connectivity index (χ0) is 14.8. The summed E-state index contributed by atoms with van der Waals surface area (Å²) in [5.74, 6) is 0.510. The number of rotatable bonds is 2. The molecular weight excluding hydrogens is 306 g/mol. The number of carbonyl (C=O) groups is 1. The molecule has 0 spiro atoms. The summed E-state index contributed by atoms with van der Waals surface area (Å²) < 4.78 is 5.12. The first kappa shape index (κ1) is 14.0. The molecule has 3 nitrogen and oxygen atoms in total. The molecule has 0 radical (unpaired) electrons. The molecule has 0 bridgehead atoms. The van der Waals surface area contributed by atoms with Gasteiger partial charge in [0.2, 0.25) is 0 Å². The van der Waals surface area contributed by atoms with E-state index in [0.29, 0.717) is 15.7 Å². The number of halogens is 1. The minimum absolute atomic E-state index is 0.106. The minimum Gasteiger partial charge on any atom is -0.495 e. The molecule has 1 amide bonds. The number of nitrogens with one attached hydrogen (secondary N) is 1. The molecule has 106 valence electrons. The molecule has 0 fully saturated rings. The number of methoxy groups -OCH3 is 1. The van der Waals surface area contributed by atoms with Gasteiger partial charge in [-0.25, -0.2) is 0 Å². The summed E-state index contributed by atoms with van der Waals surface area (Å²) in [4.78, 5) is 13.8. The van der Waals surface area contributed by atoms with Crippen molar-refractivity contribution < 1.29 is 9.53 Å². The second-order valence-electron chi connectivity index (χ2n) is 4.45. The van der Waals surface area contributed by atoms with Gasteiger partial charge in [-0.15, -0.1) is 0 Å². The Labute approximate surface area is 132 Å². The maximum atomic E-state index is 12.1. The van der Waals surface area contributed by atoms with Crippen LogP contribution >= 0.6 is 23.4 Å². The highest BCUT2D eigenvalue weighted by molar-refractivity contribution is 8.04. The van der Waals surface area contributed by atoms with E-state index in [2.05, 4.69) is 5.32 Å². The maximum Gasteiger partial charge on any atom is 0.262 e. The van der Waals surface area contributed by atoms with E-state index in [0.717, 1.165) is 16.1 Å². The van der Waals surface area contributed by atoms with Crippen molar-refractivity contribution in [2.24, 2.45) is 0 Å². The quantitative estimate of drug-likeness (QED) is 0.832. The summed E-state index contributed by atoms with van der Waals surface area (Å²) in [6, 6.07) is 13.2. The van der Waals surface area contributed by atoms with Crippen molar-refractivity contribution in [2.75, 3.05) is 12.4 Å². The largest absolute Gasteiger partial charge is 0.495 e. The van der Waals surface area contributed by atoms with Gasteiger partial charge in [0, 0.05) is 4.90 Å². The van der Waals surface area contributed by atoms with Gasteiger partial charge in [-0.2, -0.15) is 0 Å². The van der Waals surface area contributed by atoms with Gasteiger partial charge < -0.3 is 10.1 Å². The Morgan fingerprint density at radius 2 is 2.05 bits per heavy atom. The number of carbonyl (C=O) groups excluding carboxylic acids is 1. The fourth-order valence-corrected chi connectivity index (χ4v) is 3.24. The molecule has 1 aliphatic heterocycles. The third-order valence-corrected chi connectivity index (χ3v) is 4.45. The normalized spacial score (nSPS) is 15.5. The Hall–Kier alpha value is -1.91. The topological polar surface area (TPSA) is 38.3 Å². The van der Waals surface area contributed by atoms with Crippen LogP contribution in [0.5, 0.6) is 5.75 Å². The zero-order valence-corrected chi connectivity index (χ0v) is 12.8. The summed E-state index contributed by atoms with van der Waals surface area (Å²) in [6.45, 7) is 0. The Morgan fingerprint density at radius 3 is 2.81 bits per heavy atom. The molecular formula is C16H12ClNO2S. The SMILES string of the molecule is COc1ccc(/C=C2/Sc3ccccc3NC2=O)cc1Cl. The highest BCUT2D eigenvalue weighted by Crippen LogP contribution is 2.38. The van der Waals surface area contributed by atoms with E-state index in [9.17, 15) is 4.79 Å². The molecule has 0 atom stereocenters. The molecule has 0 saturated heterocycles. The van der Waals surface area contributed by atoms with E-state index in [1.54, 1.807) is 19.2 Å². The lowest BCUT2D eigenvalue weighted by Gasteiger charge is -2.18. The van der Waals surface area contributed by atoms with Crippen LogP contribution in [-0.4, -0.2) is 13.0 Å². The van der Waals surface area contributed by atoms with Crippen molar-refractivity contribution in [3.63, 3.8) is 0 Å². The smallest absolute Gasteiger partial charge is 0.262 e. The number of hydrogen-bond donors (Lipinski definition) is 1. The van der Waals surface area contributed by atoms with Crippen LogP contribution in [0, 0.1) is 0 Å². The van der Waals surface area contributed by atoms with E-state index in [4.69, 9.17) is 16.3 Å². The molecule has 1 heterocycles. The monoisotopic (exact) mass is 317 g/mol. The third-order valence-electron chi connectivity index (χ3n) is 3.05. The number of fused-ring (bicyclic) bond motifs is 1. The lowest BCUT2D eigenvalue weighted by Crippen LogP contribution is -2.17. The van der Waals surface area contributed by atoms with Crippen molar-refractivity contribution in [1.82, 2.24) is 0 Å². The first-order valence-corrected chi connectivity index (χ1v) is 7.50. The molecule has 0 saturated carbocycles. The minimum atomic E-state index is -0.106. The fraction of sp³-hybridized carbons (Fsp3) is 0.0625. The van der Waals surface area contributed by atoms with E-state index < -0.39 is 0 Å². The highest BCUT2D eigenvalue weighted by Gasteiger charge is 2.20. The number of benzene rings is 2. The summed E-state index contributed by atoms with van der Waals surface area (Å²) >= 11 is 7.55. The molecule has 1 N–H and O–H groups in total. The van der Waals surface area contributed by atoms with Crippen molar-refractivity contribution >= 4 is 41.0 Å². The average Bonchev–Trinajstić information content (AvgIpc) is 2.48. The van der Waals surface area contributed by atoms with Crippen LogP contribution in [0.2, 0.25) is 5.02 Å². The van der Waals surface area contributed by atoms with E-state index in [1.807, 2.05) is 36.4 Å². The van der Waals surface area contributed by atoms with Gasteiger partial charge in [-0.1, -0.05) is 41.6 Å². The molecule has 0 aromatic heterocycles. The van der Waals surface area contributed by atoms with Gasteiger partial charge in [0.1, 0.15) is 5.75 Å². The van der Waals surface area contributed by atoms with Crippen LogP contribution in [0.1, 0.15) is 5.56 Å². The Kier molecular flexibility index (Phi) is 3.90. The second-order valence-corrected chi connectivity index (χ2v) is 5.95. The predicted octanol–water partition coefficient (Wildman–Crippen LogP) is 4.43. The van der Waals surface area contributed by atoms with Gasteiger partial charge in [0.05, 0.1) is 22.7 Å². The van der Waals surface area contributed by atoms with Gasteiger partial charge in [-0.05, 0) is 35.9 Å². The molecule has 0 aliphatic carbocycles. The van der Waals surface area contributed by atoms with Crippen LogP contribution in [0.3, 0.4) is 0 Å². The van der Waals surface area contributed by atoms with E-state index in [-0.39, 0.29) is 5.91 Å². The average molecular weight is 318 g/mol. The van der Waals surface area contributed by atoms with E-state index in [1.165, 1.54) is 11.8 Å². The number of anilines is 1. The fourth-order valence-electron chi connectivity index (χ4n) is 2.03. The van der Waals surface area contributed by atoms with Crippen molar-refractivity contribution in [3.8, 4) is 5.75 Å². The standard InChI is InChI=1S/C16H12ClNO2S/c1-20-13-7-6-10(8-11(13)17)9-15-16(19)18-12-4-2-3-5-14(12)21-15/h2-9H,1H3,(H,18,19)/b15-9+. The number of hydrogen-bond acceptors (Lipinski definition) is 3. The van der Waals surface area contributed by atoms with Crippen LogP contribution < -0.4 is 10.1 Å². The summed E-state index contributed by atoms with van der Waals surface area (Å²) in [5.41, 5.74) is 1.70. The Balaban J connectivity index is 1.93. The molecule has 2 aromatic rings. The van der Waals surface area contributed by atoms with Crippen molar-refractivity contribution in [2.45, 2.75) is 4.90 Å². The van der Waals surface area contributed by atoms with Crippen LogP contribution in [0.15, 0.2) is 52.3 Å². The highest BCUT2D eigenvalue weighted by atomic mass is 35.5. The van der Waals surface area contributed by atoms with Gasteiger partial charge >= 0.3 is 0 Å². The molecule has 2 aromatic carbocycles. The Bertz CT molecular complexity index is 743. The number of amides is 1. The lowest BCUT2D eigenvalue weighted by atomic mass is 10.2. The number of para-hydroxylation sites is 1. The molecule has 21 heavy (non-hydrogen) atoms. The predicted molar refractivity (Wildman–Crippen MR) is 86.9 cm³/mol. The van der Waals surface area contributed by atoms with Crippen LogP contribution in [0.4, 0.5) is 5.69 Å². The Morgan fingerprint density at radius 1 is 1.24 bits per heavy atom.